The Kier molecular flexibility index (Phi) is 2.06. The first-order valence-electron chi connectivity index (χ1n) is 3.28. The summed E-state index contributed by atoms with van der Waals surface area (Å²) in [6.45, 7) is 0. The summed E-state index contributed by atoms with van der Waals surface area (Å²) in [5.41, 5.74) is 0. The molecule has 0 amide bonds. The van der Waals surface area contributed by atoms with Crippen LogP contribution in [0.4, 0.5) is 0 Å². The summed E-state index contributed by atoms with van der Waals surface area (Å²) in [5, 5.41) is 12.6. The molecule has 0 bridgehead atoms. The van der Waals surface area contributed by atoms with E-state index in [4.69, 9.17) is 0 Å². The van der Waals surface area contributed by atoms with E-state index in [2.05, 4.69) is 28.6 Å². The molecule has 4 heteroatoms. The number of phenols is 1. The average molecular weight is 261 g/mol. The maximum absolute atomic E-state index is 9.51. The highest BCUT2D eigenvalue weighted by atomic mass is 79.9. The van der Waals surface area contributed by atoms with E-state index in [-0.39, 0.29) is 5.75 Å². The van der Waals surface area contributed by atoms with Crippen LogP contribution < -0.4 is 0 Å². The minimum absolute atomic E-state index is 0.216. The molecule has 0 radical (unpaired) electrons. The Morgan fingerprint density at radius 3 is 3.00 bits per heavy atom. The fourth-order valence-electron chi connectivity index (χ4n) is 1.05. The van der Waals surface area contributed by atoms with Gasteiger partial charge in [-0.3, -0.25) is 0 Å². The van der Waals surface area contributed by atoms with Crippen LogP contribution in [0.1, 0.15) is 0 Å². The molecule has 0 unspecified atom stereocenters. The smallest absolute Gasteiger partial charge is 0.144 e. The molecule has 1 aromatic carbocycles. The third-order valence-electron chi connectivity index (χ3n) is 1.64. The van der Waals surface area contributed by atoms with Gasteiger partial charge in [0.25, 0.3) is 0 Å². The molecule has 12 heavy (non-hydrogen) atoms. The molecule has 0 aliphatic carbocycles. The molecule has 1 N–H and O–H groups in total. The fourth-order valence-corrected chi connectivity index (χ4v) is 2.88. The molecule has 2 rings (SSSR count). The Hall–Kier alpha value is -0.190. The number of aromatic hydroxyl groups is 1. The van der Waals surface area contributed by atoms with Crippen molar-refractivity contribution in [2.45, 2.75) is 4.90 Å². The SMILES string of the molecule is Oc1c(Br)cc2ccsc2c1S. The van der Waals surface area contributed by atoms with Crippen LogP contribution in [0.2, 0.25) is 0 Å². The first-order chi connectivity index (χ1) is 5.70. The van der Waals surface area contributed by atoms with Gasteiger partial charge in [0.2, 0.25) is 0 Å². The second-order valence-corrected chi connectivity index (χ2v) is 4.61. The zero-order valence-electron chi connectivity index (χ0n) is 5.91. The van der Waals surface area contributed by atoms with Gasteiger partial charge in [0, 0.05) is 0 Å². The first-order valence-corrected chi connectivity index (χ1v) is 5.40. The van der Waals surface area contributed by atoms with Gasteiger partial charge >= 0.3 is 0 Å². The van der Waals surface area contributed by atoms with Crippen molar-refractivity contribution >= 4 is 50.0 Å². The van der Waals surface area contributed by atoms with Crippen LogP contribution in [0.3, 0.4) is 0 Å². The van der Waals surface area contributed by atoms with Crippen molar-refractivity contribution in [1.29, 1.82) is 0 Å². The van der Waals surface area contributed by atoms with Crippen LogP contribution in [-0.4, -0.2) is 5.11 Å². The van der Waals surface area contributed by atoms with E-state index in [1.165, 1.54) is 0 Å². The lowest BCUT2D eigenvalue weighted by Crippen LogP contribution is -1.72. The van der Waals surface area contributed by atoms with Crippen molar-refractivity contribution in [3.05, 3.63) is 22.0 Å². The quantitative estimate of drug-likeness (QED) is 0.693. The highest BCUT2D eigenvalue weighted by molar-refractivity contribution is 9.10. The van der Waals surface area contributed by atoms with Crippen molar-refractivity contribution in [3.63, 3.8) is 0 Å². The Labute approximate surface area is 87.6 Å². The van der Waals surface area contributed by atoms with Crippen molar-refractivity contribution in [2.24, 2.45) is 0 Å². The highest BCUT2D eigenvalue weighted by Gasteiger charge is 2.08. The van der Waals surface area contributed by atoms with Gasteiger partial charge in [0.05, 0.1) is 14.1 Å². The maximum Gasteiger partial charge on any atom is 0.144 e. The van der Waals surface area contributed by atoms with E-state index in [0.29, 0.717) is 9.37 Å². The second kappa shape index (κ2) is 2.94. The molecule has 1 nitrogen and oxygen atoms in total. The van der Waals surface area contributed by atoms with Crippen LogP contribution in [0, 0.1) is 0 Å². The molecule has 2 aromatic rings. The lowest BCUT2D eigenvalue weighted by Gasteiger charge is -2.01. The van der Waals surface area contributed by atoms with E-state index in [1.54, 1.807) is 11.3 Å². The second-order valence-electron chi connectivity index (χ2n) is 2.39. The molecule has 62 valence electrons. The van der Waals surface area contributed by atoms with Crippen molar-refractivity contribution in [1.82, 2.24) is 0 Å². The van der Waals surface area contributed by atoms with Crippen molar-refractivity contribution in [2.75, 3.05) is 0 Å². The number of hydrogen-bond donors (Lipinski definition) is 2. The van der Waals surface area contributed by atoms with Crippen LogP contribution in [0.15, 0.2) is 26.9 Å². The Morgan fingerprint density at radius 1 is 1.50 bits per heavy atom. The van der Waals surface area contributed by atoms with E-state index in [9.17, 15) is 5.11 Å². The van der Waals surface area contributed by atoms with Crippen LogP contribution in [-0.2, 0) is 0 Å². The molecule has 0 fully saturated rings. The molecule has 1 aromatic heterocycles. The summed E-state index contributed by atoms with van der Waals surface area (Å²) in [6, 6.07) is 3.89. The molecule has 1 heterocycles. The van der Waals surface area contributed by atoms with Gasteiger partial charge in [-0.1, -0.05) is 0 Å². The molecule has 0 atom stereocenters. The number of halogens is 1. The zero-order valence-corrected chi connectivity index (χ0v) is 9.21. The number of benzene rings is 1. The monoisotopic (exact) mass is 260 g/mol. The number of hydrogen-bond acceptors (Lipinski definition) is 3. The van der Waals surface area contributed by atoms with Crippen LogP contribution >= 0.6 is 39.9 Å². The predicted molar refractivity (Wildman–Crippen MR) is 58.4 cm³/mol. The van der Waals surface area contributed by atoms with Gasteiger partial charge in [-0.05, 0) is 38.8 Å². The lowest BCUT2D eigenvalue weighted by atomic mass is 10.2. The van der Waals surface area contributed by atoms with Gasteiger partial charge in [0.15, 0.2) is 0 Å². The first kappa shape index (κ1) is 8.41. The van der Waals surface area contributed by atoms with Gasteiger partial charge in [-0.25, -0.2) is 0 Å². The summed E-state index contributed by atoms with van der Waals surface area (Å²) in [6.07, 6.45) is 0. The normalized spacial score (nSPS) is 10.8. The van der Waals surface area contributed by atoms with Crippen molar-refractivity contribution in [3.8, 4) is 5.75 Å². The van der Waals surface area contributed by atoms with Gasteiger partial charge in [-0.2, -0.15) is 0 Å². The summed E-state index contributed by atoms with van der Waals surface area (Å²) in [7, 11) is 0. The van der Waals surface area contributed by atoms with E-state index in [0.717, 1.165) is 10.1 Å². The standard InChI is InChI=1S/C8H5BrOS2/c9-5-3-4-1-2-12-8(4)7(11)6(5)10/h1-3,10-11H. The van der Waals surface area contributed by atoms with Gasteiger partial charge < -0.3 is 5.11 Å². The largest absolute Gasteiger partial charge is 0.506 e. The molecular formula is C8H5BrOS2. The van der Waals surface area contributed by atoms with Crippen molar-refractivity contribution < 1.29 is 5.11 Å². The summed E-state index contributed by atoms with van der Waals surface area (Å²) in [4.78, 5) is 0.648. The Balaban J connectivity index is 2.94. The van der Waals surface area contributed by atoms with Gasteiger partial charge in [0.1, 0.15) is 5.75 Å². The third-order valence-corrected chi connectivity index (χ3v) is 3.78. The predicted octanol–water partition coefficient (Wildman–Crippen LogP) is 3.66. The number of fused-ring (bicyclic) bond motifs is 1. The molecule has 0 saturated heterocycles. The molecule has 0 aliphatic heterocycles. The van der Waals surface area contributed by atoms with Gasteiger partial charge in [-0.15, -0.1) is 24.0 Å². The number of phenolic OH excluding ortho intramolecular Hbond substituents is 1. The molecule has 0 saturated carbocycles. The summed E-state index contributed by atoms with van der Waals surface area (Å²) >= 11 is 9.07. The number of thiophene rings is 1. The number of thiol groups is 1. The number of rotatable bonds is 0. The van der Waals surface area contributed by atoms with Crippen LogP contribution in [0.25, 0.3) is 10.1 Å². The fraction of sp³-hybridized carbons (Fsp3) is 0. The Bertz CT molecular complexity index is 436. The molecule has 0 aliphatic rings. The third kappa shape index (κ3) is 1.14. The summed E-state index contributed by atoms with van der Waals surface area (Å²) in [5.74, 6) is 0.216. The minimum Gasteiger partial charge on any atom is -0.506 e. The maximum atomic E-state index is 9.51. The summed E-state index contributed by atoms with van der Waals surface area (Å²) < 4.78 is 1.72. The highest BCUT2D eigenvalue weighted by Crippen LogP contribution is 2.39. The lowest BCUT2D eigenvalue weighted by molar-refractivity contribution is 0.461. The Morgan fingerprint density at radius 2 is 2.25 bits per heavy atom. The van der Waals surface area contributed by atoms with E-state index < -0.39 is 0 Å². The van der Waals surface area contributed by atoms with Crippen LogP contribution in [0.5, 0.6) is 5.75 Å². The van der Waals surface area contributed by atoms with E-state index in [1.807, 2.05) is 17.5 Å². The zero-order chi connectivity index (χ0) is 8.72. The molecular weight excluding hydrogens is 256 g/mol. The van der Waals surface area contributed by atoms with E-state index >= 15 is 0 Å². The molecule has 0 spiro atoms. The average Bonchev–Trinajstić information content (AvgIpc) is 2.48. The minimum atomic E-state index is 0.216. The topological polar surface area (TPSA) is 20.2 Å².